The molecule has 0 saturated heterocycles. The van der Waals surface area contributed by atoms with Gasteiger partial charge in [0.2, 0.25) is 17.7 Å². The molecular weight excluding hydrogens is 468 g/mol. The van der Waals surface area contributed by atoms with Gasteiger partial charge in [-0.15, -0.1) is 0 Å². The molecule has 0 aromatic heterocycles. The number of nitrogens with two attached hydrogens (primary N) is 1. The van der Waals surface area contributed by atoms with Gasteiger partial charge >= 0.3 is 17.9 Å². The number of carboxylic acids is 3. The molecule has 1 aromatic rings. The zero-order valence-electron chi connectivity index (χ0n) is 18.8. The molecule has 9 N–H and O–H groups in total. The van der Waals surface area contributed by atoms with Crippen LogP contribution in [0.2, 0.25) is 0 Å². The second-order valence-corrected chi connectivity index (χ2v) is 7.70. The molecule has 0 fully saturated rings. The van der Waals surface area contributed by atoms with Crippen LogP contribution in [0, 0.1) is 0 Å². The molecule has 14 heteroatoms. The lowest BCUT2D eigenvalue weighted by molar-refractivity contribution is -0.143. The molecule has 14 nitrogen and oxygen atoms in total. The molecule has 192 valence electrons. The van der Waals surface area contributed by atoms with Crippen molar-refractivity contribution in [1.82, 2.24) is 16.0 Å². The number of phenolic OH excluding ortho intramolecular Hbond substituents is 1. The van der Waals surface area contributed by atoms with Crippen LogP contribution in [0.5, 0.6) is 5.75 Å². The predicted molar refractivity (Wildman–Crippen MR) is 118 cm³/mol. The first-order valence-corrected chi connectivity index (χ1v) is 10.4. The van der Waals surface area contributed by atoms with Gasteiger partial charge in [-0.1, -0.05) is 12.1 Å². The molecule has 0 heterocycles. The highest BCUT2D eigenvalue weighted by molar-refractivity contribution is 5.95. The van der Waals surface area contributed by atoms with Gasteiger partial charge in [-0.05, 0) is 37.5 Å². The second kappa shape index (κ2) is 13.5. The van der Waals surface area contributed by atoms with Gasteiger partial charge in [0.15, 0.2) is 0 Å². The molecule has 0 aliphatic rings. The lowest BCUT2D eigenvalue weighted by atomic mass is 10.0. The Labute approximate surface area is 199 Å². The van der Waals surface area contributed by atoms with Gasteiger partial charge in [-0.25, -0.2) is 0 Å². The van der Waals surface area contributed by atoms with E-state index in [1.165, 1.54) is 24.3 Å². The summed E-state index contributed by atoms with van der Waals surface area (Å²) in [7, 11) is 0. The molecule has 35 heavy (non-hydrogen) atoms. The Morgan fingerprint density at radius 1 is 0.829 bits per heavy atom. The Morgan fingerprint density at radius 3 is 1.89 bits per heavy atom. The summed E-state index contributed by atoms with van der Waals surface area (Å²) in [5.41, 5.74) is 6.47. The fourth-order valence-electron chi connectivity index (χ4n) is 2.83. The number of phenols is 1. The molecule has 3 amide bonds. The van der Waals surface area contributed by atoms with Crippen LogP contribution in [-0.4, -0.2) is 80.2 Å². The number of rotatable bonds is 14. The molecule has 0 radical (unpaired) electrons. The largest absolute Gasteiger partial charge is 0.508 e. The average molecular weight is 496 g/mol. The number of amides is 3. The van der Waals surface area contributed by atoms with Crippen molar-refractivity contribution in [1.29, 1.82) is 0 Å². The van der Waals surface area contributed by atoms with E-state index in [0.29, 0.717) is 5.56 Å². The van der Waals surface area contributed by atoms with E-state index >= 15 is 0 Å². The molecule has 0 aliphatic heterocycles. The van der Waals surface area contributed by atoms with Crippen LogP contribution < -0.4 is 21.7 Å². The molecule has 1 aromatic carbocycles. The van der Waals surface area contributed by atoms with Gasteiger partial charge in [0.05, 0.1) is 12.5 Å². The quantitative estimate of drug-likeness (QED) is 0.142. The van der Waals surface area contributed by atoms with E-state index in [1.54, 1.807) is 0 Å². The maximum absolute atomic E-state index is 12.7. The third kappa shape index (κ3) is 10.5. The number of hydrogen-bond acceptors (Lipinski definition) is 8. The molecule has 0 bridgehead atoms. The van der Waals surface area contributed by atoms with E-state index in [1.807, 2.05) is 5.32 Å². The number of aliphatic carboxylic acids is 3. The first-order valence-electron chi connectivity index (χ1n) is 10.4. The van der Waals surface area contributed by atoms with Gasteiger partial charge in [0.25, 0.3) is 0 Å². The lowest BCUT2D eigenvalue weighted by Crippen LogP contribution is -2.57. The Kier molecular flexibility index (Phi) is 11.1. The Bertz CT molecular complexity index is 950. The normalized spacial score (nSPS) is 14.0. The van der Waals surface area contributed by atoms with E-state index in [-0.39, 0.29) is 12.2 Å². The topological polar surface area (TPSA) is 245 Å². The van der Waals surface area contributed by atoms with Gasteiger partial charge in [0.1, 0.15) is 23.9 Å². The molecular formula is C21H28N4O10. The molecule has 4 atom stereocenters. The molecule has 1 rings (SSSR count). The number of aromatic hydroxyl groups is 1. The van der Waals surface area contributed by atoms with Crippen molar-refractivity contribution < 1.29 is 49.2 Å². The van der Waals surface area contributed by atoms with E-state index in [9.17, 15) is 33.9 Å². The highest BCUT2D eigenvalue weighted by Gasteiger charge is 2.31. The zero-order chi connectivity index (χ0) is 26.7. The summed E-state index contributed by atoms with van der Waals surface area (Å²) in [6.45, 7) is 1.13. The van der Waals surface area contributed by atoms with Crippen molar-refractivity contribution >= 4 is 35.6 Å². The first kappa shape index (κ1) is 28.8. The summed E-state index contributed by atoms with van der Waals surface area (Å²) >= 11 is 0. The summed E-state index contributed by atoms with van der Waals surface area (Å²) in [6, 6.07) is 0.130. The molecule has 0 aliphatic carbocycles. The van der Waals surface area contributed by atoms with Crippen molar-refractivity contribution in [3.63, 3.8) is 0 Å². The summed E-state index contributed by atoms with van der Waals surface area (Å²) in [4.78, 5) is 70.7. The SMILES string of the molecule is CC(NC(=O)C(CC(=O)O)NC(=O)C(CCC(=O)O)NC(=O)C(N)Cc1ccc(O)cc1)C(=O)O. The first-order chi connectivity index (χ1) is 16.3. The molecule has 0 saturated carbocycles. The third-order valence-electron chi connectivity index (χ3n) is 4.75. The van der Waals surface area contributed by atoms with Crippen molar-refractivity contribution in [2.45, 2.75) is 56.8 Å². The third-order valence-corrected chi connectivity index (χ3v) is 4.75. The van der Waals surface area contributed by atoms with Gasteiger partial charge in [0, 0.05) is 6.42 Å². The minimum Gasteiger partial charge on any atom is -0.508 e. The van der Waals surface area contributed by atoms with E-state index in [0.717, 1.165) is 6.92 Å². The Morgan fingerprint density at radius 2 is 1.37 bits per heavy atom. The van der Waals surface area contributed by atoms with E-state index < -0.39 is 79.1 Å². The van der Waals surface area contributed by atoms with Crippen LogP contribution in [0.15, 0.2) is 24.3 Å². The highest BCUT2D eigenvalue weighted by Crippen LogP contribution is 2.11. The minimum absolute atomic E-state index is 0.00915. The average Bonchev–Trinajstić information content (AvgIpc) is 2.76. The Hall–Kier alpha value is -4.20. The van der Waals surface area contributed by atoms with Crippen LogP contribution in [0.3, 0.4) is 0 Å². The van der Waals surface area contributed by atoms with Crippen molar-refractivity contribution in [2.75, 3.05) is 0 Å². The Balaban J connectivity index is 2.95. The standard InChI is InChI=1S/C21H28N4O10/c1-10(21(34)35)23-20(33)15(9-17(29)30)25-19(32)14(6-7-16(27)28)24-18(31)13(22)8-11-2-4-12(26)5-3-11/h2-5,10,13-15,26H,6-9,22H2,1H3,(H,23,33)(H,24,31)(H,25,32)(H,27,28)(H,29,30)(H,34,35). The van der Waals surface area contributed by atoms with Crippen molar-refractivity contribution in [2.24, 2.45) is 5.73 Å². The smallest absolute Gasteiger partial charge is 0.325 e. The molecule has 4 unspecified atom stereocenters. The fourth-order valence-corrected chi connectivity index (χ4v) is 2.83. The van der Waals surface area contributed by atoms with Crippen LogP contribution in [0.25, 0.3) is 0 Å². The van der Waals surface area contributed by atoms with Crippen LogP contribution in [0.1, 0.15) is 31.7 Å². The van der Waals surface area contributed by atoms with Gasteiger partial charge in [-0.2, -0.15) is 0 Å². The number of benzene rings is 1. The summed E-state index contributed by atoms with van der Waals surface area (Å²) in [5.74, 6) is -7.11. The van der Waals surface area contributed by atoms with Crippen LogP contribution in [0.4, 0.5) is 0 Å². The van der Waals surface area contributed by atoms with Crippen molar-refractivity contribution in [3.05, 3.63) is 29.8 Å². The van der Waals surface area contributed by atoms with E-state index in [4.69, 9.17) is 21.1 Å². The number of carbonyl (C=O) groups is 6. The van der Waals surface area contributed by atoms with E-state index in [2.05, 4.69) is 10.6 Å². The van der Waals surface area contributed by atoms with Gasteiger partial charge < -0.3 is 42.1 Å². The van der Waals surface area contributed by atoms with Gasteiger partial charge in [-0.3, -0.25) is 28.8 Å². The number of carboxylic acid groups (broad SMARTS) is 3. The monoisotopic (exact) mass is 496 g/mol. The number of hydrogen-bond donors (Lipinski definition) is 8. The van der Waals surface area contributed by atoms with Crippen molar-refractivity contribution in [3.8, 4) is 5.75 Å². The number of nitrogens with one attached hydrogen (secondary N) is 3. The second-order valence-electron chi connectivity index (χ2n) is 7.70. The molecule has 0 spiro atoms. The summed E-state index contributed by atoms with van der Waals surface area (Å²) in [5, 5.41) is 42.7. The fraction of sp³-hybridized carbons (Fsp3) is 0.429. The number of carbonyl (C=O) groups excluding carboxylic acids is 3. The minimum atomic E-state index is -1.70. The van der Waals surface area contributed by atoms with Crippen LogP contribution in [-0.2, 0) is 35.2 Å². The summed E-state index contributed by atoms with van der Waals surface area (Å²) < 4.78 is 0. The maximum Gasteiger partial charge on any atom is 0.325 e. The predicted octanol–water partition coefficient (Wildman–Crippen LogP) is -1.84. The summed E-state index contributed by atoms with van der Waals surface area (Å²) in [6.07, 6.45) is -1.82. The zero-order valence-corrected chi connectivity index (χ0v) is 18.8. The lowest BCUT2D eigenvalue weighted by Gasteiger charge is -2.24. The van der Waals surface area contributed by atoms with Crippen LogP contribution >= 0.6 is 0 Å². The highest BCUT2D eigenvalue weighted by atomic mass is 16.4. The maximum atomic E-state index is 12.7.